The number of nitrogens with zero attached hydrogens (tertiary/aromatic N) is 3. The third-order valence-electron chi connectivity index (χ3n) is 3.11. The highest BCUT2D eigenvalue weighted by molar-refractivity contribution is 6.30. The third kappa shape index (κ3) is 4.51. The molecule has 1 amide bonds. The summed E-state index contributed by atoms with van der Waals surface area (Å²) < 4.78 is 41.9. The standard InChI is InChI=1S/C16H10ClF3N4O2/c17-10-4-6-12(7-5-10)24-9-21-14(23-24)15(25)22-11-2-1-3-13(8-11)26-16(18,19)20/h1-9H,(H,22,25). The lowest BCUT2D eigenvalue weighted by Gasteiger charge is -2.10. The first kappa shape index (κ1) is 17.7. The number of hydrogen-bond donors (Lipinski definition) is 1. The van der Waals surface area contributed by atoms with Crippen molar-refractivity contribution in [1.29, 1.82) is 0 Å². The van der Waals surface area contributed by atoms with Gasteiger partial charge in [-0.1, -0.05) is 17.7 Å². The second-order valence-electron chi connectivity index (χ2n) is 5.02. The van der Waals surface area contributed by atoms with Gasteiger partial charge in [0.1, 0.15) is 12.1 Å². The van der Waals surface area contributed by atoms with Crippen molar-refractivity contribution >= 4 is 23.2 Å². The molecule has 0 aliphatic heterocycles. The van der Waals surface area contributed by atoms with Gasteiger partial charge in [0.15, 0.2) is 0 Å². The van der Waals surface area contributed by atoms with Gasteiger partial charge >= 0.3 is 6.36 Å². The van der Waals surface area contributed by atoms with Crippen molar-refractivity contribution in [3.8, 4) is 11.4 Å². The first-order valence-corrected chi connectivity index (χ1v) is 7.53. The van der Waals surface area contributed by atoms with E-state index in [2.05, 4.69) is 20.1 Å². The molecule has 0 radical (unpaired) electrons. The Bertz CT molecular complexity index is 926. The molecule has 0 atom stereocenters. The molecule has 3 rings (SSSR count). The van der Waals surface area contributed by atoms with E-state index >= 15 is 0 Å². The van der Waals surface area contributed by atoms with E-state index < -0.39 is 18.0 Å². The molecule has 0 fully saturated rings. The molecule has 26 heavy (non-hydrogen) atoms. The van der Waals surface area contributed by atoms with Gasteiger partial charge in [0.25, 0.3) is 5.91 Å². The summed E-state index contributed by atoms with van der Waals surface area (Å²) in [7, 11) is 0. The number of anilines is 1. The lowest BCUT2D eigenvalue weighted by atomic mass is 10.3. The maximum Gasteiger partial charge on any atom is 0.573 e. The highest BCUT2D eigenvalue weighted by atomic mass is 35.5. The Morgan fingerprint density at radius 3 is 2.58 bits per heavy atom. The number of alkyl halides is 3. The van der Waals surface area contributed by atoms with Crippen molar-refractivity contribution in [2.24, 2.45) is 0 Å². The fourth-order valence-electron chi connectivity index (χ4n) is 2.04. The summed E-state index contributed by atoms with van der Waals surface area (Å²) in [6, 6.07) is 11.6. The SMILES string of the molecule is O=C(Nc1cccc(OC(F)(F)F)c1)c1ncn(-c2ccc(Cl)cc2)n1. The van der Waals surface area contributed by atoms with Crippen molar-refractivity contribution < 1.29 is 22.7 Å². The maximum atomic E-state index is 12.2. The van der Waals surface area contributed by atoms with Crippen LogP contribution in [0.3, 0.4) is 0 Å². The van der Waals surface area contributed by atoms with Crippen LogP contribution < -0.4 is 10.1 Å². The molecule has 3 aromatic rings. The molecule has 0 bridgehead atoms. The molecule has 0 aliphatic rings. The Kier molecular flexibility index (Phi) is 4.81. The molecule has 0 aliphatic carbocycles. The zero-order chi connectivity index (χ0) is 18.7. The summed E-state index contributed by atoms with van der Waals surface area (Å²) in [5, 5.41) is 6.99. The van der Waals surface area contributed by atoms with Crippen LogP contribution in [0.25, 0.3) is 5.69 Å². The van der Waals surface area contributed by atoms with E-state index in [0.29, 0.717) is 10.7 Å². The Hall–Kier alpha value is -3.07. The van der Waals surface area contributed by atoms with Crippen LogP contribution >= 0.6 is 11.6 Å². The van der Waals surface area contributed by atoms with Gasteiger partial charge in [-0.3, -0.25) is 4.79 Å². The number of aromatic nitrogens is 3. The van der Waals surface area contributed by atoms with Gasteiger partial charge in [-0.05, 0) is 36.4 Å². The first-order valence-electron chi connectivity index (χ1n) is 7.15. The van der Waals surface area contributed by atoms with Gasteiger partial charge in [0, 0.05) is 16.8 Å². The lowest BCUT2D eigenvalue weighted by Crippen LogP contribution is -2.18. The second-order valence-corrected chi connectivity index (χ2v) is 5.46. The van der Waals surface area contributed by atoms with E-state index in [9.17, 15) is 18.0 Å². The molecule has 6 nitrogen and oxygen atoms in total. The van der Waals surface area contributed by atoms with Gasteiger partial charge < -0.3 is 10.1 Å². The van der Waals surface area contributed by atoms with Crippen molar-refractivity contribution in [2.75, 3.05) is 5.32 Å². The summed E-state index contributed by atoms with van der Waals surface area (Å²) >= 11 is 5.81. The van der Waals surface area contributed by atoms with Crippen LogP contribution in [0, 0.1) is 0 Å². The molecule has 0 saturated carbocycles. The predicted molar refractivity (Wildman–Crippen MR) is 87.4 cm³/mol. The third-order valence-corrected chi connectivity index (χ3v) is 3.36. The molecule has 134 valence electrons. The number of carbonyl (C=O) groups is 1. The van der Waals surface area contributed by atoms with Crippen LogP contribution in [0.15, 0.2) is 54.9 Å². The number of halogens is 4. The minimum atomic E-state index is -4.82. The summed E-state index contributed by atoms with van der Waals surface area (Å²) in [5.41, 5.74) is 0.751. The normalized spacial score (nSPS) is 11.2. The van der Waals surface area contributed by atoms with E-state index in [1.807, 2.05) is 0 Å². The molecular formula is C16H10ClF3N4O2. The maximum absolute atomic E-state index is 12.2. The van der Waals surface area contributed by atoms with Crippen molar-refractivity contribution in [3.63, 3.8) is 0 Å². The van der Waals surface area contributed by atoms with Crippen LogP contribution in [0.1, 0.15) is 10.6 Å². The Morgan fingerprint density at radius 1 is 1.15 bits per heavy atom. The molecule has 0 spiro atoms. The molecule has 1 heterocycles. The zero-order valence-electron chi connectivity index (χ0n) is 12.9. The monoisotopic (exact) mass is 382 g/mol. The quantitative estimate of drug-likeness (QED) is 0.738. The van der Waals surface area contributed by atoms with E-state index in [-0.39, 0.29) is 11.5 Å². The first-order chi connectivity index (χ1) is 12.3. The van der Waals surface area contributed by atoms with Gasteiger partial charge in [0.2, 0.25) is 5.82 Å². The smallest absolute Gasteiger partial charge is 0.406 e. The topological polar surface area (TPSA) is 69.0 Å². The highest BCUT2D eigenvalue weighted by Crippen LogP contribution is 2.25. The molecule has 2 aromatic carbocycles. The summed E-state index contributed by atoms with van der Waals surface area (Å²) in [4.78, 5) is 16.1. The Morgan fingerprint density at radius 2 is 1.88 bits per heavy atom. The Labute approximate surface area is 150 Å². The number of carbonyl (C=O) groups excluding carboxylic acids is 1. The van der Waals surface area contributed by atoms with E-state index in [1.165, 1.54) is 23.1 Å². The highest BCUT2D eigenvalue weighted by Gasteiger charge is 2.31. The average molecular weight is 383 g/mol. The average Bonchev–Trinajstić information content (AvgIpc) is 3.04. The minimum Gasteiger partial charge on any atom is -0.406 e. The van der Waals surface area contributed by atoms with Crippen LogP contribution in [-0.2, 0) is 0 Å². The molecule has 1 N–H and O–H groups in total. The van der Waals surface area contributed by atoms with Crippen molar-refractivity contribution in [3.05, 3.63) is 65.7 Å². The number of amides is 1. The number of nitrogens with one attached hydrogen (secondary N) is 1. The molecule has 0 unspecified atom stereocenters. The second kappa shape index (κ2) is 7.04. The van der Waals surface area contributed by atoms with E-state index in [0.717, 1.165) is 12.1 Å². The summed E-state index contributed by atoms with van der Waals surface area (Å²) in [5.74, 6) is -1.28. The Balaban J connectivity index is 1.73. The number of hydrogen-bond acceptors (Lipinski definition) is 4. The van der Waals surface area contributed by atoms with Gasteiger partial charge in [0.05, 0.1) is 5.69 Å². The number of rotatable bonds is 4. The van der Waals surface area contributed by atoms with Crippen LogP contribution in [0.4, 0.5) is 18.9 Å². The minimum absolute atomic E-state index is 0.111. The summed E-state index contributed by atoms with van der Waals surface area (Å²) in [6.45, 7) is 0. The fraction of sp³-hybridized carbons (Fsp3) is 0.0625. The molecule has 10 heteroatoms. The largest absolute Gasteiger partial charge is 0.573 e. The van der Waals surface area contributed by atoms with Gasteiger partial charge in [-0.15, -0.1) is 18.3 Å². The van der Waals surface area contributed by atoms with Crippen molar-refractivity contribution in [1.82, 2.24) is 14.8 Å². The molecule has 0 saturated heterocycles. The van der Waals surface area contributed by atoms with Gasteiger partial charge in [-0.25, -0.2) is 9.67 Å². The molecule has 1 aromatic heterocycles. The van der Waals surface area contributed by atoms with Crippen molar-refractivity contribution in [2.45, 2.75) is 6.36 Å². The predicted octanol–water partition coefficient (Wildman–Crippen LogP) is 4.07. The van der Waals surface area contributed by atoms with E-state index in [1.54, 1.807) is 24.3 Å². The van der Waals surface area contributed by atoms with E-state index in [4.69, 9.17) is 11.6 Å². The lowest BCUT2D eigenvalue weighted by molar-refractivity contribution is -0.274. The van der Waals surface area contributed by atoms with Crippen LogP contribution in [-0.4, -0.2) is 27.0 Å². The summed E-state index contributed by atoms with van der Waals surface area (Å²) in [6.07, 6.45) is -3.48. The number of ether oxygens (including phenoxy) is 1. The van der Waals surface area contributed by atoms with Crippen LogP contribution in [0.5, 0.6) is 5.75 Å². The molecular weight excluding hydrogens is 373 g/mol. The van der Waals surface area contributed by atoms with Crippen LogP contribution in [0.2, 0.25) is 5.02 Å². The fourth-order valence-corrected chi connectivity index (χ4v) is 2.17. The van der Waals surface area contributed by atoms with Gasteiger partial charge in [-0.2, -0.15) is 0 Å². The zero-order valence-corrected chi connectivity index (χ0v) is 13.6. The number of benzene rings is 2.